The number of aromatic nitrogens is 3. The smallest absolute Gasteiger partial charge is 0.289 e. The Labute approximate surface area is 145 Å². The zero-order chi connectivity index (χ0) is 17.6. The zero-order valence-corrected chi connectivity index (χ0v) is 14.1. The van der Waals surface area contributed by atoms with Gasteiger partial charge in [-0.3, -0.25) is 9.89 Å². The number of carbonyl (C=O) groups is 1. The number of hydrazone groups is 1. The highest BCUT2D eigenvalue weighted by Crippen LogP contribution is 2.17. The number of para-hydroxylation sites is 1. The van der Waals surface area contributed by atoms with Gasteiger partial charge in [-0.15, -0.1) is 0 Å². The van der Waals surface area contributed by atoms with Crippen molar-refractivity contribution in [1.29, 1.82) is 0 Å². The van der Waals surface area contributed by atoms with Crippen LogP contribution < -0.4 is 10.2 Å². The van der Waals surface area contributed by atoms with E-state index in [0.29, 0.717) is 18.0 Å². The van der Waals surface area contributed by atoms with Gasteiger partial charge in [-0.2, -0.15) is 10.2 Å². The standard InChI is InChI=1S/C18H19N5O2/c1-3-25-17-9-5-4-7-13(17)12-19-22-18(24)15-11-14(20-21-15)16-8-6-10-23(16)2/h4-12H,3H2,1-2H3,(H,20,21)(H,22,24). The Kier molecular flexibility index (Phi) is 4.94. The van der Waals surface area contributed by atoms with Gasteiger partial charge in [0, 0.05) is 18.8 Å². The summed E-state index contributed by atoms with van der Waals surface area (Å²) in [6, 6.07) is 13.0. The molecule has 1 aromatic carbocycles. The molecule has 0 saturated carbocycles. The second kappa shape index (κ2) is 7.48. The van der Waals surface area contributed by atoms with E-state index in [9.17, 15) is 4.79 Å². The molecule has 0 saturated heterocycles. The van der Waals surface area contributed by atoms with Crippen molar-refractivity contribution < 1.29 is 9.53 Å². The quantitative estimate of drug-likeness (QED) is 0.535. The van der Waals surface area contributed by atoms with Crippen LogP contribution in [-0.2, 0) is 7.05 Å². The van der Waals surface area contributed by atoms with Crippen molar-refractivity contribution in [2.75, 3.05) is 6.61 Å². The summed E-state index contributed by atoms with van der Waals surface area (Å²) in [6.45, 7) is 2.48. The second-order valence-corrected chi connectivity index (χ2v) is 5.34. The maximum atomic E-state index is 12.2. The van der Waals surface area contributed by atoms with Crippen LogP contribution in [0.3, 0.4) is 0 Å². The fourth-order valence-electron chi connectivity index (χ4n) is 2.39. The lowest BCUT2D eigenvalue weighted by Gasteiger charge is -2.05. The van der Waals surface area contributed by atoms with E-state index in [1.54, 1.807) is 12.3 Å². The summed E-state index contributed by atoms with van der Waals surface area (Å²) >= 11 is 0. The van der Waals surface area contributed by atoms with E-state index in [4.69, 9.17) is 4.74 Å². The number of carbonyl (C=O) groups excluding carboxylic acids is 1. The largest absolute Gasteiger partial charge is 0.493 e. The number of hydrogen-bond acceptors (Lipinski definition) is 4. The van der Waals surface area contributed by atoms with Gasteiger partial charge in [0.2, 0.25) is 0 Å². The Hall–Kier alpha value is -3.35. The summed E-state index contributed by atoms with van der Waals surface area (Å²) < 4.78 is 7.44. The van der Waals surface area contributed by atoms with Crippen LogP contribution in [0.1, 0.15) is 23.0 Å². The SMILES string of the molecule is CCOc1ccccc1C=NNC(=O)c1cc(-c2cccn2C)n[nH]1. The van der Waals surface area contributed by atoms with Crippen LogP contribution in [0.15, 0.2) is 53.8 Å². The van der Waals surface area contributed by atoms with Gasteiger partial charge in [-0.05, 0) is 37.3 Å². The number of amides is 1. The lowest BCUT2D eigenvalue weighted by molar-refractivity contribution is 0.0950. The lowest BCUT2D eigenvalue weighted by atomic mass is 10.2. The summed E-state index contributed by atoms with van der Waals surface area (Å²) in [6.07, 6.45) is 3.47. The first-order valence-electron chi connectivity index (χ1n) is 7.91. The van der Waals surface area contributed by atoms with Gasteiger partial charge in [0.25, 0.3) is 5.91 Å². The molecule has 0 aliphatic heterocycles. The van der Waals surface area contributed by atoms with Crippen LogP contribution in [0.4, 0.5) is 0 Å². The number of ether oxygens (including phenoxy) is 1. The van der Waals surface area contributed by atoms with E-state index in [1.165, 1.54) is 0 Å². The van der Waals surface area contributed by atoms with Gasteiger partial charge >= 0.3 is 0 Å². The average Bonchev–Trinajstić information content (AvgIpc) is 3.25. The van der Waals surface area contributed by atoms with Gasteiger partial charge in [-0.25, -0.2) is 5.43 Å². The lowest BCUT2D eigenvalue weighted by Crippen LogP contribution is -2.18. The number of rotatable bonds is 6. The van der Waals surface area contributed by atoms with Crippen LogP contribution in [0.2, 0.25) is 0 Å². The molecule has 25 heavy (non-hydrogen) atoms. The predicted octanol–water partition coefficient (Wildman–Crippen LogP) is 2.58. The van der Waals surface area contributed by atoms with E-state index >= 15 is 0 Å². The van der Waals surface area contributed by atoms with Crippen molar-refractivity contribution in [3.8, 4) is 17.1 Å². The molecule has 128 valence electrons. The second-order valence-electron chi connectivity index (χ2n) is 5.34. The number of hydrogen-bond donors (Lipinski definition) is 2. The molecule has 0 radical (unpaired) electrons. The van der Waals surface area contributed by atoms with Crippen molar-refractivity contribution in [1.82, 2.24) is 20.2 Å². The maximum absolute atomic E-state index is 12.2. The molecule has 2 heterocycles. The number of aryl methyl sites for hydroxylation is 1. The molecule has 0 fully saturated rings. The number of H-pyrrole nitrogens is 1. The molecule has 1 amide bonds. The van der Waals surface area contributed by atoms with Gasteiger partial charge in [-0.1, -0.05) is 12.1 Å². The molecule has 3 aromatic rings. The first-order chi connectivity index (χ1) is 12.2. The highest BCUT2D eigenvalue weighted by Gasteiger charge is 2.11. The van der Waals surface area contributed by atoms with E-state index < -0.39 is 0 Å². The molecule has 2 N–H and O–H groups in total. The summed E-state index contributed by atoms with van der Waals surface area (Å²) in [5.41, 5.74) is 5.24. The first-order valence-corrected chi connectivity index (χ1v) is 7.91. The molecule has 0 spiro atoms. The highest BCUT2D eigenvalue weighted by molar-refractivity contribution is 5.94. The number of nitrogens with one attached hydrogen (secondary N) is 2. The molecule has 3 rings (SSSR count). The normalized spacial score (nSPS) is 11.0. The van der Waals surface area contributed by atoms with Crippen molar-refractivity contribution in [2.45, 2.75) is 6.92 Å². The summed E-state index contributed by atoms with van der Waals surface area (Å²) in [5, 5.41) is 10.9. The Balaban J connectivity index is 1.67. The van der Waals surface area contributed by atoms with Crippen LogP contribution in [0.5, 0.6) is 5.75 Å². The van der Waals surface area contributed by atoms with Crippen molar-refractivity contribution >= 4 is 12.1 Å². The van der Waals surface area contributed by atoms with E-state index in [0.717, 1.165) is 17.0 Å². The zero-order valence-electron chi connectivity index (χ0n) is 14.1. The van der Waals surface area contributed by atoms with E-state index in [-0.39, 0.29) is 5.91 Å². The number of nitrogens with zero attached hydrogens (tertiary/aromatic N) is 3. The minimum absolute atomic E-state index is 0.339. The monoisotopic (exact) mass is 337 g/mol. The van der Waals surface area contributed by atoms with Gasteiger partial charge in [0.05, 0.1) is 18.5 Å². The molecule has 0 atom stereocenters. The summed E-state index contributed by atoms with van der Waals surface area (Å²) in [5.74, 6) is 0.355. The fraction of sp³-hybridized carbons (Fsp3) is 0.167. The molecule has 0 bridgehead atoms. The van der Waals surface area contributed by atoms with Crippen LogP contribution in [0.25, 0.3) is 11.4 Å². The molecule has 0 aliphatic carbocycles. The molecule has 2 aromatic heterocycles. The molecule has 7 nitrogen and oxygen atoms in total. The van der Waals surface area contributed by atoms with Crippen LogP contribution in [-0.4, -0.2) is 33.5 Å². The van der Waals surface area contributed by atoms with Gasteiger partial charge in [0.15, 0.2) is 0 Å². The third-order valence-electron chi connectivity index (χ3n) is 3.62. The van der Waals surface area contributed by atoms with Crippen molar-refractivity contribution in [3.63, 3.8) is 0 Å². The Morgan fingerprint density at radius 2 is 2.20 bits per heavy atom. The average molecular weight is 337 g/mol. The Morgan fingerprint density at radius 1 is 1.36 bits per heavy atom. The molecule has 7 heteroatoms. The van der Waals surface area contributed by atoms with Gasteiger partial charge in [0.1, 0.15) is 17.1 Å². The fourth-order valence-corrected chi connectivity index (χ4v) is 2.39. The summed E-state index contributed by atoms with van der Waals surface area (Å²) in [7, 11) is 1.92. The third kappa shape index (κ3) is 3.77. The molecular formula is C18H19N5O2. The van der Waals surface area contributed by atoms with Crippen molar-refractivity contribution in [2.24, 2.45) is 12.1 Å². The molecule has 0 unspecified atom stereocenters. The third-order valence-corrected chi connectivity index (χ3v) is 3.62. The minimum Gasteiger partial charge on any atom is -0.493 e. The number of benzene rings is 1. The van der Waals surface area contributed by atoms with E-state index in [2.05, 4.69) is 20.7 Å². The van der Waals surface area contributed by atoms with Gasteiger partial charge < -0.3 is 9.30 Å². The Bertz CT molecular complexity index is 894. The van der Waals surface area contributed by atoms with E-state index in [1.807, 2.05) is 61.1 Å². The highest BCUT2D eigenvalue weighted by atomic mass is 16.5. The topological polar surface area (TPSA) is 84.3 Å². The maximum Gasteiger partial charge on any atom is 0.289 e. The molecular weight excluding hydrogens is 318 g/mol. The Morgan fingerprint density at radius 3 is 2.96 bits per heavy atom. The molecule has 0 aliphatic rings. The minimum atomic E-state index is -0.363. The number of aromatic amines is 1. The first kappa shape index (κ1) is 16.5. The van der Waals surface area contributed by atoms with Crippen LogP contribution in [0, 0.1) is 0 Å². The summed E-state index contributed by atoms with van der Waals surface area (Å²) in [4.78, 5) is 12.2. The van der Waals surface area contributed by atoms with Crippen LogP contribution >= 0.6 is 0 Å². The predicted molar refractivity (Wildman–Crippen MR) is 95.7 cm³/mol. The van der Waals surface area contributed by atoms with Crippen molar-refractivity contribution in [3.05, 3.63) is 59.9 Å².